The molecule has 0 N–H and O–H groups in total. The monoisotopic (exact) mass is 162 g/mol. The highest BCUT2D eigenvalue weighted by molar-refractivity contribution is 5.45. The van der Waals surface area contributed by atoms with Gasteiger partial charge in [0.05, 0.1) is 7.05 Å². The van der Waals surface area contributed by atoms with E-state index in [0.717, 1.165) is 0 Å². The quantitative estimate of drug-likeness (QED) is 0.574. The van der Waals surface area contributed by atoms with Crippen molar-refractivity contribution in [2.45, 2.75) is 0 Å². The van der Waals surface area contributed by atoms with Crippen molar-refractivity contribution in [1.82, 2.24) is 30.2 Å². The molecule has 0 amide bonds. The summed E-state index contributed by atoms with van der Waals surface area (Å²) in [6.07, 6.45) is 3.09. The smallest absolute Gasteiger partial charge is 0.223 e. The summed E-state index contributed by atoms with van der Waals surface area (Å²) < 4.78 is 0. The molecule has 2 aromatic rings. The third kappa shape index (κ3) is 1.14. The van der Waals surface area contributed by atoms with Gasteiger partial charge in [-0.05, 0) is 11.3 Å². The molecule has 2 rings (SSSR count). The molecule has 12 heavy (non-hydrogen) atoms. The second kappa shape index (κ2) is 2.65. The lowest BCUT2D eigenvalue weighted by Gasteiger charge is -1.88. The average molecular weight is 162 g/mol. The second-order valence-electron chi connectivity index (χ2n) is 2.20. The molecule has 0 bridgehead atoms. The van der Waals surface area contributed by atoms with Crippen LogP contribution in [-0.4, -0.2) is 30.2 Å². The molecular formula is C6H6N6. The van der Waals surface area contributed by atoms with Gasteiger partial charge >= 0.3 is 0 Å². The second-order valence-corrected chi connectivity index (χ2v) is 2.20. The normalized spacial score (nSPS) is 10.1. The first kappa shape index (κ1) is 6.84. The fourth-order valence-electron chi connectivity index (χ4n) is 0.810. The molecule has 0 aliphatic carbocycles. The van der Waals surface area contributed by atoms with E-state index in [-0.39, 0.29) is 0 Å². The predicted octanol–water partition coefficient (Wildman–Crippen LogP) is -0.333. The zero-order valence-electron chi connectivity index (χ0n) is 6.42. The molecule has 0 atom stereocenters. The van der Waals surface area contributed by atoms with Gasteiger partial charge < -0.3 is 0 Å². The Labute approximate surface area is 68.3 Å². The van der Waals surface area contributed by atoms with E-state index in [1.165, 1.54) is 11.1 Å². The molecule has 0 aliphatic rings. The maximum absolute atomic E-state index is 3.99. The molecule has 0 saturated heterocycles. The largest absolute Gasteiger partial charge is 0.245 e. The Morgan fingerprint density at radius 3 is 2.92 bits per heavy atom. The summed E-state index contributed by atoms with van der Waals surface area (Å²) in [6.45, 7) is 0. The number of aromatic nitrogens is 6. The number of aryl methyl sites for hydroxylation is 1. The molecule has 0 aliphatic heterocycles. The van der Waals surface area contributed by atoms with Gasteiger partial charge in [-0.15, -0.1) is 10.2 Å². The minimum absolute atomic E-state index is 0.514. The van der Waals surface area contributed by atoms with Gasteiger partial charge in [0.15, 0.2) is 0 Å². The van der Waals surface area contributed by atoms with Crippen molar-refractivity contribution in [3.63, 3.8) is 0 Å². The Bertz CT molecular complexity index is 367. The Morgan fingerprint density at radius 2 is 2.33 bits per heavy atom. The molecule has 0 fully saturated rings. The summed E-state index contributed by atoms with van der Waals surface area (Å²) in [5.41, 5.74) is 0.679. The molecule has 60 valence electrons. The van der Waals surface area contributed by atoms with Crippen molar-refractivity contribution in [3.8, 4) is 11.5 Å². The number of tetrazole rings is 1. The minimum atomic E-state index is 0.514. The zero-order chi connectivity index (χ0) is 8.39. The molecule has 0 radical (unpaired) electrons. The van der Waals surface area contributed by atoms with Crippen LogP contribution in [0.1, 0.15) is 0 Å². The van der Waals surface area contributed by atoms with Crippen LogP contribution in [0.3, 0.4) is 0 Å². The van der Waals surface area contributed by atoms with Crippen molar-refractivity contribution < 1.29 is 0 Å². The fourth-order valence-corrected chi connectivity index (χ4v) is 0.810. The van der Waals surface area contributed by atoms with Crippen LogP contribution in [0.4, 0.5) is 0 Å². The maximum atomic E-state index is 3.99. The Hall–Kier alpha value is -1.85. The first-order valence-corrected chi connectivity index (χ1v) is 3.36. The third-order valence-electron chi connectivity index (χ3n) is 1.32. The maximum Gasteiger partial charge on any atom is 0.223 e. The van der Waals surface area contributed by atoms with Gasteiger partial charge in [-0.3, -0.25) is 0 Å². The topological polar surface area (TPSA) is 69.4 Å². The van der Waals surface area contributed by atoms with Gasteiger partial charge in [-0.2, -0.15) is 4.80 Å². The van der Waals surface area contributed by atoms with Gasteiger partial charge in [0.1, 0.15) is 12.0 Å². The van der Waals surface area contributed by atoms with Crippen LogP contribution in [0.2, 0.25) is 0 Å². The van der Waals surface area contributed by atoms with Crippen molar-refractivity contribution in [1.29, 1.82) is 0 Å². The number of hydrogen-bond acceptors (Lipinski definition) is 5. The molecule has 2 aromatic heterocycles. The summed E-state index contributed by atoms with van der Waals surface area (Å²) in [4.78, 5) is 9.14. The highest BCUT2D eigenvalue weighted by Crippen LogP contribution is 2.05. The molecule has 2 heterocycles. The third-order valence-corrected chi connectivity index (χ3v) is 1.32. The van der Waals surface area contributed by atoms with Crippen LogP contribution in [0.25, 0.3) is 11.5 Å². The molecular weight excluding hydrogens is 156 g/mol. The summed E-state index contributed by atoms with van der Waals surface area (Å²) >= 11 is 0. The number of hydrogen-bond donors (Lipinski definition) is 0. The van der Waals surface area contributed by atoms with Crippen molar-refractivity contribution in [2.24, 2.45) is 7.05 Å². The lowest BCUT2D eigenvalue weighted by molar-refractivity contribution is 0.630. The van der Waals surface area contributed by atoms with E-state index in [9.17, 15) is 0 Å². The summed E-state index contributed by atoms with van der Waals surface area (Å²) in [6, 6.07) is 1.73. The molecule has 6 nitrogen and oxygen atoms in total. The number of rotatable bonds is 1. The van der Waals surface area contributed by atoms with E-state index >= 15 is 0 Å². The standard InChI is InChI=1S/C6H6N6/c1-12-10-6(9-11-12)5-2-3-7-4-8-5/h2-4H,1H3. The first-order chi connectivity index (χ1) is 5.86. The van der Waals surface area contributed by atoms with Gasteiger partial charge in [0, 0.05) is 6.20 Å². The molecule has 0 aromatic carbocycles. The van der Waals surface area contributed by atoms with Gasteiger partial charge in [-0.25, -0.2) is 9.97 Å². The predicted molar refractivity (Wildman–Crippen MR) is 39.8 cm³/mol. The van der Waals surface area contributed by atoms with E-state index in [0.29, 0.717) is 11.5 Å². The van der Waals surface area contributed by atoms with Crippen LogP contribution in [-0.2, 0) is 7.05 Å². The van der Waals surface area contributed by atoms with E-state index in [2.05, 4.69) is 25.4 Å². The van der Waals surface area contributed by atoms with Gasteiger partial charge in [-0.1, -0.05) is 0 Å². The number of nitrogens with zero attached hydrogens (tertiary/aromatic N) is 6. The minimum Gasteiger partial charge on any atom is -0.245 e. The molecule has 0 unspecified atom stereocenters. The molecule has 0 saturated carbocycles. The van der Waals surface area contributed by atoms with Gasteiger partial charge in [0.25, 0.3) is 0 Å². The van der Waals surface area contributed by atoms with Crippen LogP contribution in [0, 0.1) is 0 Å². The summed E-state index contributed by atoms with van der Waals surface area (Å²) in [7, 11) is 1.71. The SMILES string of the molecule is Cn1nnc(-c2ccncn2)n1. The Kier molecular flexibility index (Phi) is 1.51. The first-order valence-electron chi connectivity index (χ1n) is 3.36. The average Bonchev–Trinajstić information content (AvgIpc) is 2.54. The van der Waals surface area contributed by atoms with Crippen LogP contribution < -0.4 is 0 Å². The van der Waals surface area contributed by atoms with Crippen molar-refractivity contribution >= 4 is 0 Å². The Morgan fingerprint density at radius 1 is 1.42 bits per heavy atom. The highest BCUT2D eigenvalue weighted by atomic mass is 15.6. The fraction of sp³-hybridized carbons (Fsp3) is 0.167. The summed E-state index contributed by atoms with van der Waals surface area (Å²) in [5, 5.41) is 11.5. The lowest BCUT2D eigenvalue weighted by atomic mass is 10.4. The van der Waals surface area contributed by atoms with Gasteiger partial charge in [0.2, 0.25) is 5.82 Å². The van der Waals surface area contributed by atoms with Crippen LogP contribution >= 0.6 is 0 Å². The van der Waals surface area contributed by atoms with Crippen LogP contribution in [0.15, 0.2) is 18.6 Å². The van der Waals surface area contributed by atoms with E-state index in [4.69, 9.17) is 0 Å². The Balaban J connectivity index is 2.45. The van der Waals surface area contributed by atoms with Crippen LogP contribution in [0.5, 0.6) is 0 Å². The van der Waals surface area contributed by atoms with Crippen molar-refractivity contribution in [3.05, 3.63) is 18.6 Å². The summed E-state index contributed by atoms with van der Waals surface area (Å²) in [5.74, 6) is 0.514. The molecule has 6 heteroatoms. The van der Waals surface area contributed by atoms with Crippen molar-refractivity contribution in [2.75, 3.05) is 0 Å². The van der Waals surface area contributed by atoms with E-state index in [1.54, 1.807) is 19.3 Å². The lowest BCUT2D eigenvalue weighted by Crippen LogP contribution is -1.92. The highest BCUT2D eigenvalue weighted by Gasteiger charge is 2.03. The van der Waals surface area contributed by atoms with E-state index in [1.807, 2.05) is 0 Å². The van der Waals surface area contributed by atoms with E-state index < -0.39 is 0 Å². The zero-order valence-corrected chi connectivity index (χ0v) is 6.42. The molecule has 0 spiro atoms.